The average molecular weight is 312 g/mol. The fraction of sp³-hybridized carbons (Fsp3) is 0.143. The molecule has 2 rings (SSSR count). The Labute approximate surface area is 113 Å². The maximum Gasteiger partial charge on any atom is 0.144 e. The summed E-state index contributed by atoms with van der Waals surface area (Å²) in [6.07, 6.45) is 0. The van der Waals surface area contributed by atoms with Crippen LogP contribution in [0.15, 0.2) is 46.9 Å². The number of halogens is 3. The van der Waals surface area contributed by atoms with Gasteiger partial charge >= 0.3 is 0 Å². The van der Waals surface area contributed by atoms with Crippen molar-refractivity contribution in [2.45, 2.75) is 13.1 Å². The topological polar surface area (TPSA) is 12.0 Å². The van der Waals surface area contributed by atoms with Crippen LogP contribution in [0.1, 0.15) is 11.1 Å². The molecule has 1 N–H and O–H groups in total. The molecular formula is C14H12BrF2N. The van der Waals surface area contributed by atoms with E-state index in [1.54, 1.807) is 0 Å². The summed E-state index contributed by atoms with van der Waals surface area (Å²) in [5.74, 6) is -1.08. The lowest BCUT2D eigenvalue weighted by atomic mass is 10.2. The maximum atomic E-state index is 13.7. The Hall–Kier alpha value is -1.26. The van der Waals surface area contributed by atoms with Crippen LogP contribution < -0.4 is 5.32 Å². The molecule has 0 spiro atoms. The van der Waals surface area contributed by atoms with Gasteiger partial charge in [0.25, 0.3) is 0 Å². The molecule has 0 aliphatic carbocycles. The zero-order valence-corrected chi connectivity index (χ0v) is 11.2. The third kappa shape index (κ3) is 3.15. The smallest absolute Gasteiger partial charge is 0.144 e. The Kier molecular flexibility index (Phi) is 4.44. The third-order valence-electron chi connectivity index (χ3n) is 2.61. The standard InChI is InChI=1S/C14H12BrF2N/c15-12-6-7-13(16)11(14(12)17)9-18-8-10-4-2-1-3-5-10/h1-7,18H,8-9H2. The minimum Gasteiger partial charge on any atom is -0.308 e. The normalized spacial score (nSPS) is 10.6. The largest absolute Gasteiger partial charge is 0.308 e. The van der Waals surface area contributed by atoms with Gasteiger partial charge in [-0.1, -0.05) is 30.3 Å². The average Bonchev–Trinajstić information content (AvgIpc) is 2.39. The van der Waals surface area contributed by atoms with E-state index >= 15 is 0 Å². The van der Waals surface area contributed by atoms with Crippen molar-refractivity contribution >= 4 is 15.9 Å². The molecule has 94 valence electrons. The van der Waals surface area contributed by atoms with Gasteiger partial charge in [0.1, 0.15) is 11.6 Å². The molecule has 0 aromatic heterocycles. The molecule has 0 aliphatic rings. The summed E-state index contributed by atoms with van der Waals surface area (Å²) in [5, 5.41) is 3.03. The van der Waals surface area contributed by atoms with Crippen molar-refractivity contribution in [3.05, 3.63) is 69.7 Å². The van der Waals surface area contributed by atoms with Crippen molar-refractivity contribution in [1.82, 2.24) is 5.32 Å². The van der Waals surface area contributed by atoms with Gasteiger partial charge in [0.2, 0.25) is 0 Å². The molecule has 0 heterocycles. The Bertz CT molecular complexity index is 529. The summed E-state index contributed by atoms with van der Waals surface area (Å²) in [6, 6.07) is 12.3. The van der Waals surface area contributed by atoms with Crippen molar-refractivity contribution < 1.29 is 8.78 Å². The SMILES string of the molecule is Fc1ccc(Br)c(F)c1CNCc1ccccc1. The van der Waals surface area contributed by atoms with E-state index < -0.39 is 11.6 Å². The van der Waals surface area contributed by atoms with E-state index in [-0.39, 0.29) is 16.6 Å². The zero-order chi connectivity index (χ0) is 13.0. The second-order valence-corrected chi connectivity index (χ2v) is 4.77. The Morgan fingerprint density at radius 1 is 0.944 bits per heavy atom. The molecular weight excluding hydrogens is 300 g/mol. The predicted octanol–water partition coefficient (Wildman–Crippen LogP) is 4.02. The van der Waals surface area contributed by atoms with E-state index in [1.165, 1.54) is 12.1 Å². The Morgan fingerprint density at radius 3 is 2.39 bits per heavy atom. The van der Waals surface area contributed by atoms with Gasteiger partial charge in [-0.25, -0.2) is 8.78 Å². The highest BCUT2D eigenvalue weighted by molar-refractivity contribution is 9.10. The van der Waals surface area contributed by atoms with Crippen LogP contribution in [-0.4, -0.2) is 0 Å². The first kappa shape index (κ1) is 13.2. The van der Waals surface area contributed by atoms with Crippen molar-refractivity contribution in [3.63, 3.8) is 0 Å². The highest BCUT2D eigenvalue weighted by Crippen LogP contribution is 2.21. The predicted molar refractivity (Wildman–Crippen MR) is 71.0 cm³/mol. The molecule has 2 aromatic carbocycles. The van der Waals surface area contributed by atoms with Gasteiger partial charge in [-0.2, -0.15) is 0 Å². The van der Waals surface area contributed by atoms with Gasteiger partial charge in [-0.15, -0.1) is 0 Å². The Balaban J connectivity index is 2.01. The molecule has 2 aromatic rings. The van der Waals surface area contributed by atoms with E-state index in [2.05, 4.69) is 21.2 Å². The van der Waals surface area contributed by atoms with Gasteiger partial charge in [0, 0.05) is 18.7 Å². The van der Waals surface area contributed by atoms with E-state index in [0.29, 0.717) is 6.54 Å². The summed E-state index contributed by atoms with van der Waals surface area (Å²) in [6.45, 7) is 0.734. The van der Waals surface area contributed by atoms with Crippen molar-refractivity contribution in [2.24, 2.45) is 0 Å². The number of rotatable bonds is 4. The molecule has 0 bridgehead atoms. The number of benzene rings is 2. The quantitative estimate of drug-likeness (QED) is 0.841. The van der Waals surface area contributed by atoms with Crippen LogP contribution >= 0.6 is 15.9 Å². The molecule has 0 amide bonds. The van der Waals surface area contributed by atoms with E-state index in [0.717, 1.165) is 5.56 Å². The number of hydrogen-bond donors (Lipinski definition) is 1. The minimum atomic E-state index is -0.546. The van der Waals surface area contributed by atoms with Crippen LogP contribution in [0, 0.1) is 11.6 Å². The summed E-state index contributed by atoms with van der Waals surface area (Å²) in [7, 11) is 0. The number of hydrogen-bond acceptors (Lipinski definition) is 1. The minimum absolute atomic E-state index is 0.0558. The lowest BCUT2D eigenvalue weighted by molar-refractivity contribution is 0.532. The van der Waals surface area contributed by atoms with Gasteiger partial charge in [-0.05, 0) is 33.6 Å². The molecule has 0 atom stereocenters. The lowest BCUT2D eigenvalue weighted by Crippen LogP contribution is -2.15. The summed E-state index contributed by atoms with van der Waals surface area (Å²) in [5.41, 5.74) is 1.13. The van der Waals surface area contributed by atoms with Crippen molar-refractivity contribution in [2.75, 3.05) is 0 Å². The van der Waals surface area contributed by atoms with Crippen LogP contribution in [0.2, 0.25) is 0 Å². The molecule has 18 heavy (non-hydrogen) atoms. The van der Waals surface area contributed by atoms with Crippen LogP contribution in [0.25, 0.3) is 0 Å². The summed E-state index contributed by atoms with van der Waals surface area (Å²) >= 11 is 3.05. The molecule has 0 fully saturated rings. The van der Waals surface area contributed by atoms with Gasteiger partial charge in [-0.3, -0.25) is 0 Å². The van der Waals surface area contributed by atoms with E-state index in [9.17, 15) is 8.78 Å². The maximum absolute atomic E-state index is 13.7. The van der Waals surface area contributed by atoms with E-state index in [4.69, 9.17) is 0 Å². The first-order valence-corrected chi connectivity index (χ1v) is 6.35. The molecule has 0 saturated heterocycles. The monoisotopic (exact) mass is 311 g/mol. The molecule has 0 radical (unpaired) electrons. The van der Waals surface area contributed by atoms with Crippen LogP contribution in [0.4, 0.5) is 8.78 Å². The highest BCUT2D eigenvalue weighted by atomic mass is 79.9. The fourth-order valence-corrected chi connectivity index (χ4v) is 2.03. The summed E-state index contributed by atoms with van der Waals surface area (Å²) < 4.78 is 27.4. The van der Waals surface area contributed by atoms with Crippen molar-refractivity contribution in [1.29, 1.82) is 0 Å². The zero-order valence-electron chi connectivity index (χ0n) is 9.59. The van der Waals surface area contributed by atoms with Crippen molar-refractivity contribution in [3.8, 4) is 0 Å². The molecule has 0 unspecified atom stereocenters. The first-order chi connectivity index (χ1) is 8.68. The molecule has 4 heteroatoms. The lowest BCUT2D eigenvalue weighted by Gasteiger charge is -2.08. The fourth-order valence-electron chi connectivity index (χ4n) is 1.66. The van der Waals surface area contributed by atoms with Crippen LogP contribution in [0.5, 0.6) is 0 Å². The third-order valence-corrected chi connectivity index (χ3v) is 3.23. The second-order valence-electron chi connectivity index (χ2n) is 3.91. The van der Waals surface area contributed by atoms with Crippen LogP contribution in [0.3, 0.4) is 0 Å². The van der Waals surface area contributed by atoms with Gasteiger partial charge < -0.3 is 5.32 Å². The Morgan fingerprint density at radius 2 is 1.67 bits per heavy atom. The molecule has 0 saturated carbocycles. The van der Waals surface area contributed by atoms with Crippen LogP contribution in [-0.2, 0) is 13.1 Å². The van der Waals surface area contributed by atoms with Gasteiger partial charge in [0.15, 0.2) is 0 Å². The highest BCUT2D eigenvalue weighted by Gasteiger charge is 2.11. The van der Waals surface area contributed by atoms with E-state index in [1.807, 2.05) is 30.3 Å². The summed E-state index contributed by atoms with van der Waals surface area (Å²) in [4.78, 5) is 0. The number of nitrogens with one attached hydrogen (secondary N) is 1. The molecule has 0 aliphatic heterocycles. The second kappa shape index (κ2) is 6.07. The first-order valence-electron chi connectivity index (χ1n) is 5.55. The molecule has 1 nitrogen and oxygen atoms in total. The van der Waals surface area contributed by atoms with Gasteiger partial charge in [0.05, 0.1) is 4.47 Å².